The molecule has 0 aliphatic carbocycles. The maximum absolute atomic E-state index is 10.5. The molecule has 232 valence electrons. The number of rotatable bonds is 15. The third kappa shape index (κ3) is 7.93. The number of aliphatic hydroxyl groups excluding tert-OH is 1. The lowest BCUT2D eigenvalue weighted by molar-refractivity contribution is 0.0626. The van der Waals surface area contributed by atoms with Crippen LogP contribution in [0.4, 0.5) is 0 Å². The number of hydrogen-bond acceptors (Lipinski definition) is 6. The Balaban J connectivity index is 1.08. The van der Waals surface area contributed by atoms with E-state index in [1.165, 1.54) is 22.3 Å². The van der Waals surface area contributed by atoms with Gasteiger partial charge in [0.25, 0.3) is 0 Å². The molecule has 1 aliphatic heterocycles. The Hall–Kier alpha value is -4.00. The molecular formula is C38H44O6. The minimum Gasteiger partial charge on any atom is -0.494 e. The summed E-state index contributed by atoms with van der Waals surface area (Å²) in [4.78, 5) is 0. The maximum atomic E-state index is 10.5. The van der Waals surface area contributed by atoms with Crippen LogP contribution in [0, 0.1) is 0 Å². The highest BCUT2D eigenvalue weighted by atomic mass is 16.6. The van der Waals surface area contributed by atoms with E-state index < -0.39 is 6.10 Å². The lowest BCUT2D eigenvalue weighted by Crippen LogP contribution is -2.25. The van der Waals surface area contributed by atoms with Gasteiger partial charge < -0.3 is 28.8 Å². The normalized spacial score (nSPS) is 15.4. The number of hydrogen-bond donors (Lipinski definition) is 1. The number of ether oxygens (including phenoxy) is 5. The topological polar surface area (TPSA) is 69.7 Å². The van der Waals surface area contributed by atoms with Crippen molar-refractivity contribution in [3.05, 3.63) is 119 Å². The molecule has 5 rings (SSSR count). The van der Waals surface area contributed by atoms with Gasteiger partial charge in [0.15, 0.2) is 0 Å². The van der Waals surface area contributed by atoms with Gasteiger partial charge in [0, 0.05) is 10.8 Å². The van der Waals surface area contributed by atoms with E-state index in [9.17, 15) is 5.11 Å². The first-order chi connectivity index (χ1) is 21.1. The first-order valence-corrected chi connectivity index (χ1v) is 15.4. The van der Waals surface area contributed by atoms with Crippen LogP contribution in [0.2, 0.25) is 0 Å². The summed E-state index contributed by atoms with van der Waals surface area (Å²) in [6.07, 6.45) is -0.523. The summed E-state index contributed by atoms with van der Waals surface area (Å²) in [5, 5.41) is 10.5. The molecule has 4 aromatic carbocycles. The molecule has 1 aliphatic rings. The van der Waals surface area contributed by atoms with Crippen molar-refractivity contribution in [3.63, 3.8) is 0 Å². The average Bonchev–Trinajstić information content (AvgIpc) is 3.88. The van der Waals surface area contributed by atoms with E-state index in [4.69, 9.17) is 23.7 Å². The van der Waals surface area contributed by atoms with Crippen LogP contribution in [0.15, 0.2) is 97.1 Å². The second kappa shape index (κ2) is 13.7. The Kier molecular flexibility index (Phi) is 9.82. The van der Waals surface area contributed by atoms with Crippen LogP contribution < -0.4 is 18.9 Å². The van der Waals surface area contributed by atoms with Crippen LogP contribution in [0.1, 0.15) is 56.9 Å². The second-order valence-corrected chi connectivity index (χ2v) is 12.3. The Bertz CT molecular complexity index is 1450. The Morgan fingerprint density at radius 1 is 0.591 bits per heavy atom. The van der Waals surface area contributed by atoms with E-state index in [1.807, 2.05) is 55.5 Å². The molecule has 1 saturated heterocycles. The first-order valence-electron chi connectivity index (χ1n) is 15.4. The van der Waals surface area contributed by atoms with Crippen molar-refractivity contribution in [1.82, 2.24) is 0 Å². The van der Waals surface area contributed by atoms with Crippen LogP contribution >= 0.6 is 0 Å². The minimum absolute atomic E-state index is 0.138. The van der Waals surface area contributed by atoms with Gasteiger partial charge in [-0.05, 0) is 77.7 Å². The van der Waals surface area contributed by atoms with E-state index >= 15 is 0 Å². The molecule has 4 aromatic rings. The standard InChI is InChI=1S/C38H44O6/c1-6-40-32-15-7-27(8-16-32)37(2,3)28-9-17-33(18-10-28)41-23-31(39)24-42-34-19-11-29(12-20-34)38(4,5)30-13-21-35(22-14-30)43-25-36-26-44-36/h7-22,31,36,39H,6,23-26H2,1-5H3. The Morgan fingerprint density at radius 3 is 1.23 bits per heavy atom. The van der Waals surface area contributed by atoms with Crippen molar-refractivity contribution < 1.29 is 28.8 Å². The summed E-state index contributed by atoms with van der Waals surface area (Å²) in [6.45, 7) is 13.1. The maximum Gasteiger partial charge on any atom is 0.122 e. The van der Waals surface area contributed by atoms with Crippen LogP contribution in [0.3, 0.4) is 0 Å². The lowest BCUT2D eigenvalue weighted by Gasteiger charge is -2.26. The summed E-state index contributed by atoms with van der Waals surface area (Å²) in [6, 6.07) is 32.6. The average molecular weight is 597 g/mol. The van der Waals surface area contributed by atoms with Crippen molar-refractivity contribution in [2.45, 2.75) is 57.7 Å². The van der Waals surface area contributed by atoms with Gasteiger partial charge >= 0.3 is 0 Å². The highest BCUT2D eigenvalue weighted by molar-refractivity contribution is 5.43. The van der Waals surface area contributed by atoms with Crippen molar-refractivity contribution in [1.29, 1.82) is 0 Å². The SMILES string of the molecule is CCOc1ccc(C(C)(C)c2ccc(OCC(O)COc3ccc(C(C)(C)c4ccc(OCC5CO5)cc4)cc3)cc2)cc1. The van der Waals surface area contributed by atoms with E-state index in [0.29, 0.717) is 24.7 Å². The summed E-state index contributed by atoms with van der Waals surface area (Å²) in [5.74, 6) is 3.14. The predicted molar refractivity (Wildman–Crippen MR) is 173 cm³/mol. The molecule has 0 amide bonds. The fourth-order valence-electron chi connectivity index (χ4n) is 5.16. The summed E-state index contributed by atoms with van der Waals surface area (Å²) < 4.78 is 28.3. The van der Waals surface area contributed by atoms with Crippen LogP contribution in [0.5, 0.6) is 23.0 Å². The zero-order valence-electron chi connectivity index (χ0n) is 26.4. The Morgan fingerprint density at radius 2 is 0.909 bits per heavy atom. The molecule has 0 saturated carbocycles. The molecule has 6 heteroatoms. The molecule has 1 fully saturated rings. The predicted octanol–water partition coefficient (Wildman–Crippen LogP) is 7.33. The number of aliphatic hydroxyl groups is 1. The summed E-state index contributed by atoms with van der Waals surface area (Å²) >= 11 is 0. The van der Waals surface area contributed by atoms with Crippen LogP contribution in [-0.4, -0.2) is 50.3 Å². The van der Waals surface area contributed by atoms with Gasteiger partial charge in [0.05, 0.1) is 13.2 Å². The van der Waals surface area contributed by atoms with Gasteiger partial charge in [0.2, 0.25) is 0 Å². The smallest absolute Gasteiger partial charge is 0.122 e. The molecule has 1 heterocycles. The Labute approximate surface area is 261 Å². The second-order valence-electron chi connectivity index (χ2n) is 12.3. The molecule has 44 heavy (non-hydrogen) atoms. The van der Waals surface area contributed by atoms with E-state index in [2.05, 4.69) is 76.2 Å². The van der Waals surface area contributed by atoms with Crippen molar-refractivity contribution in [3.8, 4) is 23.0 Å². The fraction of sp³-hybridized carbons (Fsp3) is 0.368. The molecule has 6 nitrogen and oxygen atoms in total. The molecule has 0 spiro atoms. The highest BCUT2D eigenvalue weighted by Gasteiger charge is 2.25. The zero-order valence-corrected chi connectivity index (χ0v) is 26.4. The molecule has 0 aromatic heterocycles. The van der Waals surface area contributed by atoms with Gasteiger partial charge in [-0.2, -0.15) is 0 Å². The molecule has 0 bridgehead atoms. The summed E-state index contributed by atoms with van der Waals surface area (Å²) in [5.41, 5.74) is 4.38. The minimum atomic E-state index is -0.765. The molecular weight excluding hydrogens is 552 g/mol. The van der Waals surface area contributed by atoms with Crippen molar-refractivity contribution in [2.24, 2.45) is 0 Å². The third-order valence-corrected chi connectivity index (χ3v) is 8.34. The van der Waals surface area contributed by atoms with Gasteiger partial charge in [-0.3, -0.25) is 0 Å². The summed E-state index contributed by atoms with van der Waals surface area (Å²) in [7, 11) is 0. The van der Waals surface area contributed by atoms with Gasteiger partial charge in [-0.1, -0.05) is 76.2 Å². The molecule has 1 N–H and O–H groups in total. The van der Waals surface area contributed by atoms with E-state index in [-0.39, 0.29) is 30.1 Å². The quantitative estimate of drug-likeness (QED) is 0.145. The number of benzene rings is 4. The monoisotopic (exact) mass is 596 g/mol. The first kappa shape index (κ1) is 31.4. The van der Waals surface area contributed by atoms with Gasteiger partial charge in [-0.15, -0.1) is 0 Å². The number of epoxide rings is 1. The van der Waals surface area contributed by atoms with Crippen molar-refractivity contribution in [2.75, 3.05) is 33.0 Å². The largest absolute Gasteiger partial charge is 0.494 e. The lowest BCUT2D eigenvalue weighted by atomic mass is 9.78. The molecule has 0 radical (unpaired) electrons. The molecule has 2 atom stereocenters. The van der Waals surface area contributed by atoms with E-state index in [1.54, 1.807) is 0 Å². The van der Waals surface area contributed by atoms with Crippen molar-refractivity contribution >= 4 is 0 Å². The van der Waals surface area contributed by atoms with Crippen LogP contribution in [0.25, 0.3) is 0 Å². The zero-order chi connectivity index (χ0) is 31.2. The van der Waals surface area contributed by atoms with Gasteiger partial charge in [-0.25, -0.2) is 0 Å². The van der Waals surface area contributed by atoms with Crippen LogP contribution in [-0.2, 0) is 15.6 Å². The third-order valence-electron chi connectivity index (χ3n) is 8.34. The fourth-order valence-corrected chi connectivity index (χ4v) is 5.16. The highest BCUT2D eigenvalue weighted by Crippen LogP contribution is 2.35. The molecule has 2 unspecified atom stereocenters. The van der Waals surface area contributed by atoms with Gasteiger partial charge in [0.1, 0.15) is 55.0 Å². The van der Waals surface area contributed by atoms with E-state index in [0.717, 1.165) is 18.1 Å².